The fourth-order valence-electron chi connectivity index (χ4n) is 4.28. The third-order valence-electron chi connectivity index (χ3n) is 6.36. The van der Waals surface area contributed by atoms with E-state index in [1.807, 2.05) is 24.3 Å². The third kappa shape index (κ3) is 6.92. The van der Waals surface area contributed by atoms with Gasteiger partial charge in [-0.05, 0) is 102 Å². The second-order valence-electron chi connectivity index (χ2n) is 9.39. The van der Waals surface area contributed by atoms with E-state index in [9.17, 15) is 9.18 Å². The van der Waals surface area contributed by atoms with E-state index in [0.29, 0.717) is 37.9 Å². The lowest BCUT2D eigenvalue weighted by Crippen LogP contribution is -2.16. The highest BCUT2D eigenvalue weighted by Crippen LogP contribution is 2.35. The van der Waals surface area contributed by atoms with Crippen LogP contribution in [0.5, 0.6) is 11.5 Å². The van der Waals surface area contributed by atoms with Gasteiger partial charge in [0.2, 0.25) is 0 Å². The average molecular weight is 651 g/mol. The number of benzene rings is 3. The molecule has 1 N–H and O–H groups in total. The minimum Gasteiger partial charge on any atom is -0.486 e. The molecule has 1 amide bonds. The van der Waals surface area contributed by atoms with Gasteiger partial charge in [-0.2, -0.15) is 5.10 Å². The summed E-state index contributed by atoms with van der Waals surface area (Å²) in [5, 5.41) is 4.29. The minimum atomic E-state index is -0.519. The van der Waals surface area contributed by atoms with Crippen LogP contribution >= 0.6 is 27.5 Å². The number of nitrogens with zero attached hydrogens (tertiary/aromatic N) is 2. The number of nitrogens with one attached hydrogen (secondary N) is 1. The zero-order valence-electron chi connectivity index (χ0n) is 22.7. The first-order valence-corrected chi connectivity index (χ1v) is 14.1. The third-order valence-corrected chi connectivity index (χ3v) is 7.23. The van der Waals surface area contributed by atoms with Gasteiger partial charge in [-0.1, -0.05) is 29.8 Å². The molecule has 0 bridgehead atoms. The quantitative estimate of drug-likeness (QED) is 0.122. The molecule has 2 heterocycles. The minimum absolute atomic E-state index is 0.0186. The molecule has 2 aromatic heterocycles. The summed E-state index contributed by atoms with van der Waals surface area (Å²) < 4.78 is 33.8. The molecule has 42 heavy (non-hydrogen) atoms. The lowest BCUT2D eigenvalue weighted by molar-refractivity contribution is 0.0923. The molecule has 5 aromatic rings. The highest BCUT2D eigenvalue weighted by atomic mass is 79.9. The lowest BCUT2D eigenvalue weighted by Gasteiger charge is -2.11. The second-order valence-corrected chi connectivity index (χ2v) is 10.7. The fourth-order valence-corrected chi connectivity index (χ4v) is 5.27. The maximum absolute atomic E-state index is 13.9. The second kappa shape index (κ2) is 13.1. The zero-order chi connectivity index (χ0) is 29.6. The van der Waals surface area contributed by atoms with Gasteiger partial charge in [0, 0.05) is 22.6 Å². The summed E-state index contributed by atoms with van der Waals surface area (Å²) >= 11 is 9.79. The Kier molecular flexibility index (Phi) is 9.09. The molecule has 0 fully saturated rings. The first-order chi connectivity index (χ1) is 20.3. The van der Waals surface area contributed by atoms with Crippen molar-refractivity contribution in [1.82, 2.24) is 9.99 Å². The van der Waals surface area contributed by atoms with E-state index >= 15 is 0 Å². The van der Waals surface area contributed by atoms with Gasteiger partial charge in [0.15, 0.2) is 11.5 Å². The van der Waals surface area contributed by atoms with E-state index in [2.05, 4.69) is 57.0 Å². The molecule has 0 radical (unpaired) electrons. The molecule has 0 unspecified atom stereocenters. The number of furan rings is 1. The van der Waals surface area contributed by atoms with E-state index < -0.39 is 5.91 Å². The van der Waals surface area contributed by atoms with Crippen molar-refractivity contribution in [3.63, 3.8) is 0 Å². The van der Waals surface area contributed by atoms with Crippen LogP contribution in [-0.2, 0) is 13.2 Å². The van der Waals surface area contributed by atoms with Crippen LogP contribution in [0.1, 0.15) is 38.8 Å². The number of carbonyl (C=O) groups is 1. The van der Waals surface area contributed by atoms with Gasteiger partial charge in [-0.25, -0.2) is 9.82 Å². The number of hydrogen-bond acceptors (Lipinski definition) is 5. The topological polar surface area (TPSA) is 78.0 Å². The van der Waals surface area contributed by atoms with Crippen LogP contribution in [0.2, 0.25) is 5.02 Å². The summed E-state index contributed by atoms with van der Waals surface area (Å²) in [4.78, 5) is 12.5. The molecule has 0 aliphatic carbocycles. The largest absolute Gasteiger partial charge is 0.486 e. The van der Waals surface area contributed by atoms with Crippen LogP contribution in [0, 0.1) is 19.7 Å². The Bertz CT molecular complexity index is 1700. The maximum atomic E-state index is 13.9. The van der Waals surface area contributed by atoms with Crippen molar-refractivity contribution >= 4 is 39.7 Å². The monoisotopic (exact) mass is 649 g/mol. The van der Waals surface area contributed by atoms with Gasteiger partial charge in [0.1, 0.15) is 30.5 Å². The molecule has 7 nitrogen and oxygen atoms in total. The normalized spacial score (nSPS) is 11.2. The number of ether oxygens (including phenoxy) is 2. The summed E-state index contributed by atoms with van der Waals surface area (Å²) in [5.74, 6) is 0.761. The van der Waals surface area contributed by atoms with Gasteiger partial charge in [0.25, 0.3) is 0 Å². The summed E-state index contributed by atoms with van der Waals surface area (Å²) in [5.41, 5.74) is 6.81. The molecule has 0 atom stereocenters. The van der Waals surface area contributed by atoms with E-state index in [-0.39, 0.29) is 24.8 Å². The standard InChI is InChI=1S/C32H26BrClFN3O4/c1-20-7-8-21(2)38(20)24-9-11-25(12-10-24)40-19-26-13-14-30(42-26)32(39)37-36-17-22-15-27(33)31(28(34)16-22)41-18-23-5-3-4-6-29(23)35/h3-17H,18-19H2,1-2H3,(H,37,39)/b36-17+. The van der Waals surface area contributed by atoms with Crippen molar-refractivity contribution in [3.05, 3.63) is 134 Å². The highest BCUT2D eigenvalue weighted by molar-refractivity contribution is 9.10. The van der Waals surface area contributed by atoms with Crippen LogP contribution in [0.3, 0.4) is 0 Å². The summed E-state index contributed by atoms with van der Waals surface area (Å²) in [6.45, 7) is 4.31. The molecule has 214 valence electrons. The number of hydrazone groups is 1. The molecule has 0 aliphatic heterocycles. The predicted molar refractivity (Wildman–Crippen MR) is 163 cm³/mol. The number of aryl methyl sites for hydroxylation is 2. The van der Waals surface area contributed by atoms with Gasteiger partial charge in [-0.15, -0.1) is 0 Å². The average Bonchev–Trinajstić information content (AvgIpc) is 3.58. The molecule has 0 saturated carbocycles. The van der Waals surface area contributed by atoms with Crippen LogP contribution in [0.15, 0.2) is 98.9 Å². The molecular weight excluding hydrogens is 625 g/mol. The number of halogens is 3. The van der Waals surface area contributed by atoms with E-state index in [0.717, 1.165) is 17.1 Å². The van der Waals surface area contributed by atoms with Crippen molar-refractivity contribution in [1.29, 1.82) is 0 Å². The molecular formula is C32H26BrClFN3O4. The van der Waals surface area contributed by atoms with Crippen LogP contribution in [0.4, 0.5) is 4.39 Å². The fraction of sp³-hybridized carbons (Fsp3) is 0.125. The zero-order valence-corrected chi connectivity index (χ0v) is 25.1. The van der Waals surface area contributed by atoms with Crippen molar-refractivity contribution in [2.45, 2.75) is 27.1 Å². The number of aromatic nitrogens is 1. The Labute approximate surface area is 255 Å². The molecule has 5 rings (SSSR count). The Morgan fingerprint density at radius 1 is 1.00 bits per heavy atom. The number of hydrogen-bond donors (Lipinski definition) is 1. The summed E-state index contributed by atoms with van der Waals surface area (Å²) in [6, 6.07) is 24.9. The smallest absolute Gasteiger partial charge is 0.307 e. The van der Waals surface area contributed by atoms with Crippen molar-refractivity contribution in [2.75, 3.05) is 0 Å². The predicted octanol–water partition coefficient (Wildman–Crippen LogP) is 8.16. The lowest BCUT2D eigenvalue weighted by atomic mass is 10.2. The van der Waals surface area contributed by atoms with Crippen LogP contribution in [0.25, 0.3) is 5.69 Å². The van der Waals surface area contributed by atoms with Gasteiger partial charge >= 0.3 is 5.91 Å². The number of carbonyl (C=O) groups excluding carboxylic acids is 1. The maximum Gasteiger partial charge on any atom is 0.307 e. The number of rotatable bonds is 10. The van der Waals surface area contributed by atoms with Gasteiger partial charge in [0.05, 0.1) is 15.7 Å². The Morgan fingerprint density at radius 3 is 2.45 bits per heavy atom. The molecule has 3 aromatic carbocycles. The van der Waals surface area contributed by atoms with E-state index in [1.54, 1.807) is 42.5 Å². The summed E-state index contributed by atoms with van der Waals surface area (Å²) in [6.07, 6.45) is 1.43. The molecule has 0 spiro atoms. The van der Waals surface area contributed by atoms with Gasteiger partial charge < -0.3 is 18.5 Å². The Balaban J connectivity index is 1.13. The molecule has 10 heteroatoms. The summed E-state index contributed by atoms with van der Waals surface area (Å²) in [7, 11) is 0. The van der Waals surface area contributed by atoms with E-state index in [1.165, 1.54) is 12.3 Å². The van der Waals surface area contributed by atoms with Crippen LogP contribution in [-0.4, -0.2) is 16.7 Å². The molecule has 0 saturated heterocycles. The van der Waals surface area contributed by atoms with Crippen LogP contribution < -0.4 is 14.9 Å². The first-order valence-electron chi connectivity index (χ1n) is 12.9. The molecule has 0 aliphatic rings. The van der Waals surface area contributed by atoms with Crippen molar-refractivity contribution < 1.29 is 23.1 Å². The highest BCUT2D eigenvalue weighted by Gasteiger charge is 2.13. The first kappa shape index (κ1) is 29.2. The number of amides is 1. The Morgan fingerprint density at radius 2 is 1.74 bits per heavy atom. The SMILES string of the molecule is Cc1ccc(C)n1-c1ccc(OCc2ccc(C(=O)N/N=C/c3cc(Cl)c(OCc4ccccc4F)c(Br)c3)o2)cc1. The van der Waals surface area contributed by atoms with Crippen molar-refractivity contribution in [3.8, 4) is 17.2 Å². The van der Waals surface area contributed by atoms with E-state index in [4.69, 9.17) is 25.5 Å². The van der Waals surface area contributed by atoms with Crippen molar-refractivity contribution in [2.24, 2.45) is 5.10 Å². The Hall–Kier alpha value is -4.34. The van der Waals surface area contributed by atoms with Gasteiger partial charge in [-0.3, -0.25) is 4.79 Å².